The maximum atomic E-state index is 12.6. The van der Waals surface area contributed by atoms with Crippen molar-refractivity contribution in [2.75, 3.05) is 45.9 Å². The Balaban J connectivity index is 0.00000150. The predicted octanol–water partition coefficient (Wildman–Crippen LogP) is 1.91. The van der Waals surface area contributed by atoms with Crippen LogP contribution in [0.25, 0.3) is 0 Å². The van der Waals surface area contributed by atoms with Crippen molar-refractivity contribution in [1.29, 1.82) is 0 Å². The van der Waals surface area contributed by atoms with Gasteiger partial charge in [-0.25, -0.2) is 4.68 Å². The number of nitrogens with one attached hydrogen (secondary N) is 2. The maximum Gasteiger partial charge on any atom is 0.273 e. The molecule has 1 atom stereocenters. The van der Waals surface area contributed by atoms with Crippen molar-refractivity contribution in [3.05, 3.63) is 34.3 Å². The van der Waals surface area contributed by atoms with Crippen LogP contribution < -0.4 is 10.6 Å². The number of hydrogen-bond acceptors (Lipinski definition) is 7. The average molecular weight is 463 g/mol. The summed E-state index contributed by atoms with van der Waals surface area (Å²) in [6.07, 6.45) is 3.81. The molecule has 11 heteroatoms. The molecule has 162 valence electrons. The number of rotatable bonds is 6. The fourth-order valence-electron chi connectivity index (χ4n) is 3.69. The van der Waals surface area contributed by atoms with Gasteiger partial charge in [0.05, 0.1) is 31.5 Å². The van der Waals surface area contributed by atoms with E-state index in [4.69, 9.17) is 4.74 Å². The zero-order valence-corrected chi connectivity index (χ0v) is 18.6. The number of morpholine rings is 1. The molecule has 0 aliphatic carbocycles. The van der Waals surface area contributed by atoms with Gasteiger partial charge in [0.1, 0.15) is 0 Å². The Hall–Kier alpha value is -1.23. The Bertz CT molecular complexity index is 733. The van der Waals surface area contributed by atoms with Crippen molar-refractivity contribution in [1.82, 2.24) is 30.5 Å². The fraction of sp³-hybridized carbons (Fsp3) is 0.611. The first-order valence-electron chi connectivity index (χ1n) is 9.57. The summed E-state index contributed by atoms with van der Waals surface area (Å²) in [6.45, 7) is 5.75. The van der Waals surface area contributed by atoms with Crippen molar-refractivity contribution in [3.63, 3.8) is 0 Å². The highest BCUT2D eigenvalue weighted by Gasteiger charge is 2.25. The van der Waals surface area contributed by atoms with Gasteiger partial charge in [-0.15, -0.1) is 41.2 Å². The number of carbonyl (C=O) groups excluding carboxylic acids is 1. The van der Waals surface area contributed by atoms with Crippen LogP contribution in [0.15, 0.2) is 23.7 Å². The fourth-order valence-corrected chi connectivity index (χ4v) is 4.55. The summed E-state index contributed by atoms with van der Waals surface area (Å²) < 4.78 is 7.31. The molecule has 2 N–H and O–H groups in total. The first-order valence-corrected chi connectivity index (χ1v) is 10.4. The van der Waals surface area contributed by atoms with Crippen molar-refractivity contribution in [2.45, 2.75) is 24.9 Å². The van der Waals surface area contributed by atoms with Crippen LogP contribution in [0.1, 0.15) is 40.3 Å². The minimum atomic E-state index is -0.162. The minimum Gasteiger partial charge on any atom is -0.379 e. The molecule has 0 aromatic carbocycles. The molecule has 0 bridgehead atoms. The first-order chi connectivity index (χ1) is 13.3. The molecular weight excluding hydrogens is 435 g/mol. The number of nitrogens with zero attached hydrogens (tertiary/aromatic N) is 4. The van der Waals surface area contributed by atoms with Gasteiger partial charge >= 0.3 is 0 Å². The number of thiophene rings is 1. The Morgan fingerprint density at radius 1 is 1.31 bits per heavy atom. The van der Waals surface area contributed by atoms with Gasteiger partial charge in [0, 0.05) is 24.5 Å². The van der Waals surface area contributed by atoms with Crippen LogP contribution in [-0.2, 0) is 4.74 Å². The molecule has 4 rings (SSSR count). The SMILES string of the molecule is Cl.Cl.O=C(NCC(c1cccs1)N1CCOCC1)c1cn(C2CCNCC2)nn1. The molecule has 1 unspecified atom stereocenters. The van der Waals surface area contributed by atoms with Crippen LogP contribution in [0, 0.1) is 0 Å². The molecule has 2 fully saturated rings. The highest BCUT2D eigenvalue weighted by molar-refractivity contribution is 7.10. The number of carbonyl (C=O) groups is 1. The summed E-state index contributed by atoms with van der Waals surface area (Å²) in [5.41, 5.74) is 0.389. The van der Waals surface area contributed by atoms with E-state index in [0.29, 0.717) is 18.3 Å². The number of halogens is 2. The number of ether oxygens (including phenoxy) is 1. The lowest BCUT2D eigenvalue weighted by Gasteiger charge is -2.34. The molecule has 1 amide bonds. The van der Waals surface area contributed by atoms with Crippen molar-refractivity contribution in [3.8, 4) is 0 Å². The third-order valence-electron chi connectivity index (χ3n) is 5.24. The van der Waals surface area contributed by atoms with Crippen molar-refractivity contribution in [2.24, 2.45) is 0 Å². The average Bonchev–Trinajstić information content (AvgIpc) is 3.42. The Morgan fingerprint density at radius 2 is 2.07 bits per heavy atom. The zero-order valence-electron chi connectivity index (χ0n) is 16.2. The topological polar surface area (TPSA) is 84.3 Å². The molecular formula is C18H28Cl2N6O2S. The van der Waals surface area contributed by atoms with E-state index in [1.807, 2.05) is 4.68 Å². The van der Waals surface area contributed by atoms with Crippen LogP contribution in [0.2, 0.25) is 0 Å². The molecule has 2 aliphatic heterocycles. The molecule has 2 aromatic rings. The van der Waals surface area contributed by atoms with E-state index in [0.717, 1.165) is 52.2 Å². The number of aromatic nitrogens is 3. The second-order valence-corrected chi connectivity index (χ2v) is 7.93. The minimum absolute atomic E-state index is 0. The summed E-state index contributed by atoms with van der Waals surface area (Å²) in [6, 6.07) is 4.68. The standard InChI is InChI=1S/C18H26N6O2S.2ClH/c25-18(15-13-24(22-21-15)14-3-5-19-6-4-14)20-12-16(17-2-1-11-27-17)23-7-9-26-10-8-23;;/h1-2,11,13-14,16,19H,3-10,12H2,(H,20,25);2*1H. The lowest BCUT2D eigenvalue weighted by Crippen LogP contribution is -2.43. The summed E-state index contributed by atoms with van der Waals surface area (Å²) in [7, 11) is 0. The number of amides is 1. The largest absolute Gasteiger partial charge is 0.379 e. The van der Waals surface area contributed by atoms with Gasteiger partial charge in [-0.2, -0.15) is 0 Å². The van der Waals surface area contributed by atoms with E-state index in [9.17, 15) is 4.79 Å². The summed E-state index contributed by atoms with van der Waals surface area (Å²) in [4.78, 5) is 16.3. The van der Waals surface area contributed by atoms with Crippen LogP contribution >= 0.6 is 36.2 Å². The summed E-state index contributed by atoms with van der Waals surface area (Å²) in [5, 5.41) is 16.7. The van der Waals surface area contributed by atoms with E-state index in [-0.39, 0.29) is 36.8 Å². The zero-order chi connectivity index (χ0) is 18.5. The predicted molar refractivity (Wildman–Crippen MR) is 117 cm³/mol. The van der Waals surface area contributed by atoms with Crippen LogP contribution in [0.4, 0.5) is 0 Å². The van der Waals surface area contributed by atoms with Gasteiger partial charge < -0.3 is 15.4 Å². The number of piperidine rings is 1. The summed E-state index contributed by atoms with van der Waals surface area (Å²) >= 11 is 1.72. The molecule has 0 spiro atoms. The Kier molecular flexibility index (Phi) is 9.81. The summed E-state index contributed by atoms with van der Waals surface area (Å²) in [5.74, 6) is -0.162. The quantitative estimate of drug-likeness (QED) is 0.681. The van der Waals surface area contributed by atoms with Crippen LogP contribution in [0.5, 0.6) is 0 Å². The van der Waals surface area contributed by atoms with Gasteiger partial charge in [0.15, 0.2) is 5.69 Å². The van der Waals surface area contributed by atoms with Crippen LogP contribution in [-0.4, -0.2) is 71.7 Å². The molecule has 0 radical (unpaired) electrons. The van der Waals surface area contributed by atoms with Gasteiger partial charge in [-0.05, 0) is 37.4 Å². The lowest BCUT2D eigenvalue weighted by atomic mass is 10.1. The molecule has 2 aliphatic rings. The monoisotopic (exact) mass is 462 g/mol. The molecule has 8 nitrogen and oxygen atoms in total. The molecule has 2 saturated heterocycles. The van der Waals surface area contributed by atoms with Gasteiger partial charge in [0.25, 0.3) is 5.91 Å². The Labute approximate surface area is 187 Å². The van der Waals surface area contributed by atoms with E-state index in [1.54, 1.807) is 17.5 Å². The third kappa shape index (κ3) is 6.13. The third-order valence-corrected chi connectivity index (χ3v) is 6.21. The van der Waals surface area contributed by atoms with Gasteiger partial charge in [-0.3, -0.25) is 9.69 Å². The van der Waals surface area contributed by atoms with Gasteiger partial charge in [0.2, 0.25) is 0 Å². The maximum absolute atomic E-state index is 12.6. The lowest BCUT2D eigenvalue weighted by molar-refractivity contribution is 0.0169. The molecule has 4 heterocycles. The highest BCUT2D eigenvalue weighted by atomic mass is 35.5. The first kappa shape index (κ1) is 24.0. The van der Waals surface area contributed by atoms with E-state index < -0.39 is 0 Å². The van der Waals surface area contributed by atoms with E-state index in [2.05, 4.69) is 43.4 Å². The van der Waals surface area contributed by atoms with Crippen molar-refractivity contribution >= 4 is 42.1 Å². The second kappa shape index (κ2) is 11.8. The van der Waals surface area contributed by atoms with Crippen molar-refractivity contribution < 1.29 is 9.53 Å². The molecule has 0 saturated carbocycles. The Morgan fingerprint density at radius 3 is 2.76 bits per heavy atom. The molecule has 29 heavy (non-hydrogen) atoms. The van der Waals surface area contributed by atoms with Gasteiger partial charge in [-0.1, -0.05) is 11.3 Å². The normalized spacial score (nSPS) is 19.0. The van der Waals surface area contributed by atoms with E-state index >= 15 is 0 Å². The highest BCUT2D eigenvalue weighted by Crippen LogP contribution is 2.25. The smallest absolute Gasteiger partial charge is 0.273 e. The number of hydrogen-bond donors (Lipinski definition) is 2. The van der Waals surface area contributed by atoms with E-state index in [1.165, 1.54) is 4.88 Å². The molecule has 2 aromatic heterocycles. The second-order valence-electron chi connectivity index (χ2n) is 6.95. The van der Waals surface area contributed by atoms with Crippen LogP contribution in [0.3, 0.4) is 0 Å².